The Balaban J connectivity index is 0.000000128. The Bertz CT molecular complexity index is 5260. The van der Waals surface area contributed by atoms with E-state index in [2.05, 4.69) is 105 Å². The molecule has 117 heavy (non-hydrogen) atoms. The Morgan fingerprint density at radius 2 is 0.692 bits per heavy atom. The highest BCUT2D eigenvalue weighted by Gasteiger charge is 2.35. The number of para-hydroxylation sites is 2. The molecule has 37 heteroatoms. The van der Waals surface area contributed by atoms with Gasteiger partial charge < -0.3 is 57.5 Å². The van der Waals surface area contributed by atoms with Gasteiger partial charge in [0.05, 0.1) is 167 Å². The van der Waals surface area contributed by atoms with Crippen molar-refractivity contribution in [1.29, 1.82) is 0 Å². The molecule has 0 radical (unpaired) electrons. The van der Waals surface area contributed by atoms with Crippen LogP contribution < -0.4 is 33.8 Å². The molecule has 1 aromatic carbocycles. The molecule has 33 nitrogen and oxygen atoms in total. The zero-order chi connectivity index (χ0) is 82.5. The first-order valence-corrected chi connectivity index (χ1v) is 47.4. The number of morpholine rings is 4. The third-order valence-corrected chi connectivity index (χ3v) is 29.9. The van der Waals surface area contributed by atoms with Crippen molar-refractivity contribution >= 4 is 96.5 Å². The van der Waals surface area contributed by atoms with E-state index in [0.29, 0.717) is 130 Å². The van der Waals surface area contributed by atoms with E-state index in [9.17, 15) is 16.8 Å². The fourth-order valence-corrected chi connectivity index (χ4v) is 20.2. The number of aromatic nitrogens is 13. The molecule has 5 aliphatic heterocycles. The number of aryl methyl sites for hydroxylation is 3. The zero-order valence-corrected chi connectivity index (χ0v) is 72.1. The van der Waals surface area contributed by atoms with Crippen LogP contribution in [-0.4, -0.2) is 265 Å². The van der Waals surface area contributed by atoms with Crippen LogP contribution in [-0.2, 0) is 62.6 Å². The third-order valence-electron chi connectivity index (χ3n) is 21.0. The van der Waals surface area contributed by atoms with Gasteiger partial charge in [0.1, 0.15) is 29.6 Å². The van der Waals surface area contributed by atoms with Gasteiger partial charge >= 0.3 is 0 Å². The number of methoxy groups -OCH3 is 3. The molecule has 13 heterocycles. The monoisotopic (exact) mass is 1680 g/mol. The Hall–Kier alpha value is -9.34. The smallest absolute Gasteiger partial charge is 0.239 e. The van der Waals surface area contributed by atoms with Crippen molar-refractivity contribution in [3.05, 3.63) is 108 Å². The number of ether oxygens (including phenoxy) is 8. The lowest BCUT2D eigenvalue weighted by molar-refractivity contribution is 0.0431. The molecule has 9 aromatic rings. The summed E-state index contributed by atoms with van der Waals surface area (Å²) in [7, 11) is -4.67. The normalized spacial score (nSPS) is 21.6. The van der Waals surface area contributed by atoms with E-state index in [-0.39, 0.29) is 45.2 Å². The molecule has 8 fully saturated rings. The van der Waals surface area contributed by atoms with Gasteiger partial charge in [0.15, 0.2) is 40.7 Å². The maximum absolute atomic E-state index is 13.1. The molecular weight excluding hydrogens is 1580 g/mol. The minimum absolute atomic E-state index is 0.0734. The molecule has 3 aliphatic carbocycles. The molecule has 8 atom stereocenters. The summed E-state index contributed by atoms with van der Waals surface area (Å²) in [6, 6.07) is 27.0. The zero-order valence-electron chi connectivity index (χ0n) is 68.8. The van der Waals surface area contributed by atoms with Crippen LogP contribution in [0, 0.1) is 20.8 Å². The van der Waals surface area contributed by atoms with Crippen LogP contribution in [0.4, 0.5) is 46.5 Å². The number of imidazole rings is 1. The quantitative estimate of drug-likeness (QED) is 0.0725. The van der Waals surface area contributed by atoms with Crippen molar-refractivity contribution in [1.82, 2.24) is 64.4 Å². The molecule has 0 spiro atoms. The molecule has 0 N–H and O–H groups in total. The van der Waals surface area contributed by atoms with E-state index in [1.54, 1.807) is 52.7 Å². The van der Waals surface area contributed by atoms with Gasteiger partial charge in [-0.2, -0.15) is 27.4 Å². The van der Waals surface area contributed by atoms with Crippen LogP contribution in [0.5, 0.6) is 17.6 Å². The second-order valence-electron chi connectivity index (χ2n) is 30.9. The van der Waals surface area contributed by atoms with E-state index >= 15 is 0 Å². The molecule has 0 amide bonds. The number of fused-ring (bicyclic) bond motifs is 1. The summed E-state index contributed by atoms with van der Waals surface area (Å²) in [5.41, 5.74) is 6.57. The molecular formula is C80H105N21O12S4. The molecule has 626 valence electrons. The summed E-state index contributed by atoms with van der Waals surface area (Å²) in [6.07, 6.45) is 14.3. The van der Waals surface area contributed by atoms with E-state index in [1.807, 2.05) is 110 Å². The molecule has 1 unspecified atom stereocenters. The van der Waals surface area contributed by atoms with Gasteiger partial charge in [0.2, 0.25) is 23.6 Å². The van der Waals surface area contributed by atoms with Gasteiger partial charge in [-0.15, -0.1) is 0 Å². The summed E-state index contributed by atoms with van der Waals surface area (Å²) >= 11 is 0. The lowest BCUT2D eigenvalue weighted by Crippen LogP contribution is -2.44. The Kier molecular flexibility index (Phi) is 25.9. The third kappa shape index (κ3) is 21.0. The summed E-state index contributed by atoms with van der Waals surface area (Å²) in [6.45, 7) is 23.1. The van der Waals surface area contributed by atoms with Crippen LogP contribution in [0.1, 0.15) is 83.3 Å². The fraction of sp³-hybridized carbons (Fsp3) is 0.525. The first-order valence-electron chi connectivity index (χ1n) is 39.4. The van der Waals surface area contributed by atoms with Crippen LogP contribution >= 0.6 is 0 Å². The van der Waals surface area contributed by atoms with Crippen molar-refractivity contribution in [3.8, 4) is 57.8 Å². The predicted octanol–water partition coefficient (Wildman–Crippen LogP) is 11.1. The number of hydrogen-bond acceptors (Lipinski definition) is 32. The Morgan fingerprint density at radius 3 is 1.00 bits per heavy atom. The van der Waals surface area contributed by atoms with Gasteiger partial charge in [-0.05, 0) is 117 Å². The molecule has 5 saturated heterocycles. The first-order chi connectivity index (χ1) is 56.1. The van der Waals surface area contributed by atoms with E-state index in [0.717, 1.165) is 133 Å². The number of hydrogen-bond donors (Lipinski definition) is 0. The summed E-state index contributed by atoms with van der Waals surface area (Å²) in [4.78, 5) is 64.0. The van der Waals surface area contributed by atoms with Crippen molar-refractivity contribution in [2.45, 2.75) is 132 Å². The summed E-state index contributed by atoms with van der Waals surface area (Å²) in [5.74, 6) is 8.36. The number of benzene rings is 1. The second-order valence-corrected chi connectivity index (χ2v) is 41.2. The topological polar surface area (TPSA) is 364 Å². The van der Waals surface area contributed by atoms with Crippen LogP contribution in [0.2, 0.25) is 0 Å². The van der Waals surface area contributed by atoms with Gasteiger partial charge in [0.25, 0.3) is 0 Å². The largest absolute Gasteiger partial charge is 0.481 e. The fourth-order valence-electron chi connectivity index (χ4n) is 14.0. The van der Waals surface area contributed by atoms with Gasteiger partial charge in [-0.3, -0.25) is 4.57 Å². The Morgan fingerprint density at radius 1 is 0.376 bits per heavy atom. The van der Waals surface area contributed by atoms with Crippen molar-refractivity contribution in [2.75, 3.05) is 158 Å². The minimum Gasteiger partial charge on any atom is -0.481 e. The average Bonchev–Trinajstić information content (AvgIpc) is 1.21. The lowest BCUT2D eigenvalue weighted by Gasteiger charge is -2.34. The number of pyridine rings is 3. The molecule has 17 rings (SSSR count). The highest BCUT2D eigenvalue weighted by molar-refractivity contribution is 7.94. The van der Waals surface area contributed by atoms with Crippen molar-refractivity contribution in [2.24, 2.45) is 17.5 Å². The van der Waals surface area contributed by atoms with Crippen LogP contribution in [0.15, 0.2) is 109 Å². The summed E-state index contributed by atoms with van der Waals surface area (Å²) < 4.78 is 116. The minimum atomic E-state index is -2.47. The first kappa shape index (κ1) is 84.1. The predicted molar refractivity (Wildman–Crippen MR) is 455 cm³/mol. The number of rotatable bonds is 19. The molecule has 8 aliphatic rings. The average molecular weight is 1680 g/mol. The van der Waals surface area contributed by atoms with Gasteiger partial charge in [0, 0.05) is 143 Å². The van der Waals surface area contributed by atoms with Crippen molar-refractivity contribution < 1.29 is 54.7 Å². The standard InChI is InChI=1S/C20H24N6O3S.3C20H27N5O3S/c1-14-10-28-8-7-25(14)19-9-18(24-30(2,27)15-11-29-12-15)22-20(23-19)26-13-21-16-5-3-4-6-17(16)26;3*1-13-9-15(10-19(21-13)27-3)20-22-17(24-29(4,26)16-5-6-16)11-18(23-20)25-7-8-28-12-14(25)2/h3-6,9,13-15H,7-8,10-12H2,1-2H3;3*9-11,14,16H,5-8,12H2,1-4H3/t14-,30+;14-,29?;14-,29+;14-,29-/m1111/s1. The van der Waals surface area contributed by atoms with Crippen LogP contribution in [0.25, 0.3) is 51.1 Å². The van der Waals surface area contributed by atoms with Crippen molar-refractivity contribution in [3.63, 3.8) is 0 Å². The van der Waals surface area contributed by atoms with Gasteiger partial charge in [-0.1, -0.05) is 12.1 Å². The molecule has 8 aromatic heterocycles. The van der Waals surface area contributed by atoms with E-state index in [1.165, 1.54) is 0 Å². The second kappa shape index (κ2) is 36.1. The number of nitrogens with zero attached hydrogens (tertiary/aromatic N) is 21. The maximum atomic E-state index is 13.1. The number of anilines is 4. The lowest BCUT2D eigenvalue weighted by atomic mass is 10.2. The van der Waals surface area contributed by atoms with Gasteiger partial charge in [-0.25, -0.2) is 66.7 Å². The maximum Gasteiger partial charge on any atom is 0.239 e. The van der Waals surface area contributed by atoms with Crippen LogP contribution in [0.3, 0.4) is 0 Å². The van der Waals surface area contributed by atoms with E-state index < -0.39 is 38.9 Å². The highest BCUT2D eigenvalue weighted by atomic mass is 32.2. The van der Waals surface area contributed by atoms with E-state index in [4.69, 9.17) is 57.8 Å². The molecule has 0 bridgehead atoms. The molecule has 3 saturated carbocycles. The SMILES string of the molecule is COc1cc(-c2nc(N=S(C)(=O)C3CC3)cc(N3CCOC[C@H]3C)n2)cc(C)n1.COc1cc(-c2nc(N=[S@@](C)(=O)C3CC3)cc(N3CCOC[C@H]3C)n2)cc(C)n1.COc1cc(-c2nc(N=[S@](C)(=O)C3CC3)cc(N3CCOC[C@H]3C)n2)cc(C)n1.C[C@@H]1COCCN1c1cc(N=[S@@](C)(=O)C2COC2)nc(-n2cnc3ccccc32)n1. The highest BCUT2D eigenvalue weighted by Crippen LogP contribution is 2.39. The summed E-state index contributed by atoms with van der Waals surface area (Å²) in [5, 5.41) is 0.413. The Labute approximate surface area is 685 Å².